The van der Waals surface area contributed by atoms with Gasteiger partial charge in [0.1, 0.15) is 18.1 Å². The van der Waals surface area contributed by atoms with Gasteiger partial charge in [-0.25, -0.2) is 19.6 Å². The van der Waals surface area contributed by atoms with Crippen molar-refractivity contribution in [3.8, 4) is 0 Å². The number of carbonyl (C=O) groups is 2. The van der Waals surface area contributed by atoms with Gasteiger partial charge in [0.05, 0.1) is 6.61 Å². The fourth-order valence-corrected chi connectivity index (χ4v) is 1.54. The third-order valence-electron chi connectivity index (χ3n) is 2.63. The number of hydrogen-bond donors (Lipinski definition) is 4. The fraction of sp³-hybridized carbons (Fsp3) is 0.500. The quantitative estimate of drug-likeness (QED) is 0.410. The number of aromatic nitrogens is 2. The summed E-state index contributed by atoms with van der Waals surface area (Å²) in [7, 11) is 0. The van der Waals surface area contributed by atoms with Crippen molar-refractivity contribution in [1.29, 1.82) is 0 Å². The van der Waals surface area contributed by atoms with E-state index in [1.807, 2.05) is 6.92 Å². The maximum absolute atomic E-state index is 11.5. The van der Waals surface area contributed by atoms with Gasteiger partial charge in [-0.05, 0) is 6.42 Å². The number of ether oxygens (including phenoxy) is 1. The van der Waals surface area contributed by atoms with Crippen LogP contribution >= 0.6 is 11.6 Å². The average Bonchev–Trinajstić information content (AvgIpc) is 2.47. The van der Waals surface area contributed by atoms with Crippen molar-refractivity contribution in [3.63, 3.8) is 0 Å². The zero-order valence-corrected chi connectivity index (χ0v) is 12.8. The van der Waals surface area contributed by atoms with Crippen molar-refractivity contribution in [3.05, 3.63) is 11.5 Å². The number of nitrogens with two attached hydrogens (primary N) is 1. The number of amides is 1. The van der Waals surface area contributed by atoms with Crippen molar-refractivity contribution in [2.24, 2.45) is 0 Å². The summed E-state index contributed by atoms with van der Waals surface area (Å²) in [5.41, 5.74) is 5.74. The van der Waals surface area contributed by atoms with Crippen LogP contribution < -0.4 is 16.4 Å². The van der Waals surface area contributed by atoms with Crippen LogP contribution in [0.5, 0.6) is 0 Å². The Hall–Kier alpha value is -2.29. The minimum absolute atomic E-state index is 0.0521. The van der Waals surface area contributed by atoms with E-state index in [1.54, 1.807) is 0 Å². The minimum atomic E-state index is -1.22. The summed E-state index contributed by atoms with van der Waals surface area (Å²) in [4.78, 5) is 30.1. The maximum atomic E-state index is 11.5. The monoisotopic (exact) mass is 331 g/mol. The lowest BCUT2D eigenvalue weighted by molar-refractivity contribution is -0.138. The Labute approximate surface area is 132 Å². The zero-order chi connectivity index (χ0) is 16.5. The molecule has 0 aliphatic carbocycles. The molecule has 5 N–H and O–H groups in total. The lowest BCUT2D eigenvalue weighted by atomic mass is 10.3. The topological polar surface area (TPSA) is 139 Å². The van der Waals surface area contributed by atoms with Gasteiger partial charge in [0.2, 0.25) is 0 Å². The molecular formula is C12H18ClN5O4. The number of carboxylic acids is 1. The van der Waals surface area contributed by atoms with Gasteiger partial charge in [-0.3, -0.25) is 0 Å². The first-order chi connectivity index (χ1) is 10.5. The molecule has 1 rings (SSSR count). The molecule has 1 heterocycles. The first-order valence-corrected chi connectivity index (χ1v) is 6.99. The molecule has 1 unspecified atom stereocenters. The van der Waals surface area contributed by atoms with Crippen molar-refractivity contribution in [1.82, 2.24) is 15.3 Å². The minimum Gasteiger partial charge on any atom is -0.480 e. The van der Waals surface area contributed by atoms with E-state index < -0.39 is 18.1 Å². The summed E-state index contributed by atoms with van der Waals surface area (Å²) in [5.74, 6) is -1.04. The molecule has 1 aromatic rings. The number of anilines is 2. The van der Waals surface area contributed by atoms with Crippen LogP contribution in [0.2, 0.25) is 5.15 Å². The molecule has 1 aromatic heterocycles. The highest BCUT2D eigenvalue weighted by molar-refractivity contribution is 6.32. The summed E-state index contributed by atoms with van der Waals surface area (Å²) in [5, 5.41) is 14.1. The second kappa shape index (κ2) is 8.88. The van der Waals surface area contributed by atoms with Crippen molar-refractivity contribution < 1.29 is 19.4 Å². The van der Waals surface area contributed by atoms with Gasteiger partial charge in [0, 0.05) is 6.54 Å². The molecule has 0 radical (unpaired) electrons. The molecule has 0 aromatic carbocycles. The summed E-state index contributed by atoms with van der Waals surface area (Å²) >= 11 is 5.72. The van der Waals surface area contributed by atoms with Gasteiger partial charge in [-0.2, -0.15) is 0 Å². The third-order valence-corrected chi connectivity index (χ3v) is 2.93. The van der Waals surface area contributed by atoms with E-state index in [0.29, 0.717) is 6.42 Å². The van der Waals surface area contributed by atoms with Crippen molar-refractivity contribution in [2.75, 3.05) is 24.2 Å². The van der Waals surface area contributed by atoms with Gasteiger partial charge in [0.25, 0.3) is 0 Å². The number of carboxylic acid groups (broad SMARTS) is 1. The van der Waals surface area contributed by atoms with Crippen LogP contribution in [-0.4, -0.2) is 46.3 Å². The van der Waals surface area contributed by atoms with Crippen LogP contribution in [0.15, 0.2) is 6.33 Å². The SMILES string of the molecule is CCCCOC(=O)NC(CNc1ncnc(Cl)c1N)C(=O)O. The van der Waals surface area contributed by atoms with Gasteiger partial charge in [-0.15, -0.1) is 0 Å². The van der Waals surface area contributed by atoms with E-state index in [9.17, 15) is 9.59 Å². The molecule has 22 heavy (non-hydrogen) atoms. The van der Waals surface area contributed by atoms with Crippen LogP contribution in [0, 0.1) is 0 Å². The molecule has 1 atom stereocenters. The summed E-state index contributed by atoms with van der Waals surface area (Å²) < 4.78 is 4.85. The van der Waals surface area contributed by atoms with Crippen LogP contribution in [0.3, 0.4) is 0 Å². The Bertz CT molecular complexity index is 528. The van der Waals surface area contributed by atoms with Gasteiger partial charge in [-0.1, -0.05) is 24.9 Å². The largest absolute Gasteiger partial charge is 0.480 e. The number of aliphatic carboxylic acids is 1. The zero-order valence-electron chi connectivity index (χ0n) is 12.0. The number of unbranched alkanes of at least 4 members (excludes halogenated alkanes) is 1. The van der Waals surface area contributed by atoms with Gasteiger partial charge >= 0.3 is 12.1 Å². The Balaban J connectivity index is 2.56. The highest BCUT2D eigenvalue weighted by atomic mass is 35.5. The van der Waals surface area contributed by atoms with Crippen LogP contribution in [-0.2, 0) is 9.53 Å². The van der Waals surface area contributed by atoms with Crippen molar-refractivity contribution >= 4 is 35.2 Å². The van der Waals surface area contributed by atoms with Crippen LogP contribution in [0.25, 0.3) is 0 Å². The van der Waals surface area contributed by atoms with E-state index in [0.717, 1.165) is 6.42 Å². The molecule has 0 saturated carbocycles. The second-order valence-corrected chi connectivity index (χ2v) is 4.69. The number of halogens is 1. The highest BCUT2D eigenvalue weighted by Gasteiger charge is 2.21. The molecule has 0 saturated heterocycles. The summed E-state index contributed by atoms with van der Waals surface area (Å²) in [6, 6.07) is -1.21. The standard InChI is InChI=1S/C12H18ClN5O4/c1-2-3-4-22-12(21)18-7(11(19)20)5-15-10-8(14)9(13)16-6-17-10/h6-7H,2-5,14H2,1H3,(H,18,21)(H,19,20)(H,15,16,17). The number of alkyl carbamates (subject to hydrolysis) is 1. The Kier molecular flexibility index (Phi) is 7.17. The molecule has 122 valence electrons. The second-order valence-electron chi connectivity index (χ2n) is 4.33. The van der Waals surface area contributed by atoms with E-state index in [4.69, 9.17) is 27.2 Å². The first-order valence-electron chi connectivity index (χ1n) is 6.61. The predicted octanol–water partition coefficient (Wildman–Crippen LogP) is 1.10. The van der Waals surface area contributed by atoms with Crippen LogP contribution in [0.1, 0.15) is 19.8 Å². The number of nitrogens with one attached hydrogen (secondary N) is 2. The van der Waals surface area contributed by atoms with E-state index in [1.165, 1.54) is 6.33 Å². The molecule has 10 heteroatoms. The average molecular weight is 332 g/mol. The lowest BCUT2D eigenvalue weighted by Gasteiger charge is -2.16. The Morgan fingerprint density at radius 1 is 1.50 bits per heavy atom. The normalized spacial score (nSPS) is 11.5. The number of rotatable bonds is 8. The molecule has 0 aliphatic rings. The summed E-state index contributed by atoms with van der Waals surface area (Å²) in [6.07, 6.45) is 1.96. The smallest absolute Gasteiger partial charge is 0.407 e. The molecule has 0 aliphatic heterocycles. The molecule has 1 amide bonds. The number of nitrogen functional groups attached to an aromatic ring is 1. The van der Waals surface area contributed by atoms with E-state index in [2.05, 4.69) is 20.6 Å². The predicted molar refractivity (Wildman–Crippen MR) is 80.8 cm³/mol. The molecule has 0 spiro atoms. The molecule has 0 fully saturated rings. The third kappa shape index (κ3) is 5.60. The van der Waals surface area contributed by atoms with Gasteiger partial charge < -0.3 is 26.2 Å². The number of hydrogen-bond acceptors (Lipinski definition) is 7. The highest BCUT2D eigenvalue weighted by Crippen LogP contribution is 2.21. The Morgan fingerprint density at radius 3 is 2.86 bits per heavy atom. The van der Waals surface area contributed by atoms with E-state index in [-0.39, 0.29) is 29.8 Å². The maximum Gasteiger partial charge on any atom is 0.407 e. The number of nitrogens with zero attached hydrogens (tertiary/aromatic N) is 2. The van der Waals surface area contributed by atoms with Crippen LogP contribution in [0.4, 0.5) is 16.3 Å². The molecular weight excluding hydrogens is 314 g/mol. The first kappa shape index (κ1) is 17.8. The summed E-state index contributed by atoms with van der Waals surface area (Å²) in [6.45, 7) is 2.04. The van der Waals surface area contributed by atoms with Crippen molar-refractivity contribution in [2.45, 2.75) is 25.8 Å². The molecule has 0 bridgehead atoms. The van der Waals surface area contributed by atoms with Gasteiger partial charge in [0.15, 0.2) is 11.0 Å². The lowest BCUT2D eigenvalue weighted by Crippen LogP contribution is -2.45. The Morgan fingerprint density at radius 2 is 2.23 bits per heavy atom. The fourth-order valence-electron chi connectivity index (χ4n) is 1.41. The molecule has 9 nitrogen and oxygen atoms in total. The number of carbonyl (C=O) groups excluding carboxylic acids is 1. The van der Waals surface area contributed by atoms with E-state index >= 15 is 0 Å².